The minimum atomic E-state index is -0.971. The van der Waals surface area contributed by atoms with Gasteiger partial charge in [-0.25, -0.2) is 9.78 Å². The van der Waals surface area contributed by atoms with Gasteiger partial charge < -0.3 is 10.1 Å². The van der Waals surface area contributed by atoms with Gasteiger partial charge in [0.2, 0.25) is 0 Å². The lowest BCUT2D eigenvalue weighted by molar-refractivity contribution is -0.145. The first kappa shape index (κ1) is 18.1. The number of urea groups is 1. The summed E-state index contributed by atoms with van der Waals surface area (Å²) < 4.78 is 6.59. The molecule has 0 radical (unpaired) electrons. The Balaban J connectivity index is 1.57. The molecule has 1 fully saturated rings. The molecule has 2 aromatic heterocycles. The van der Waals surface area contributed by atoms with Crippen LogP contribution >= 0.6 is 11.3 Å². The van der Waals surface area contributed by atoms with Gasteiger partial charge in [0.05, 0.1) is 12.1 Å². The lowest BCUT2D eigenvalue weighted by Gasteiger charge is -2.15. The molecule has 0 spiro atoms. The molecule has 138 valence electrons. The number of hydrogen-bond acceptors (Lipinski definition) is 7. The van der Waals surface area contributed by atoms with E-state index in [4.69, 9.17) is 4.74 Å². The van der Waals surface area contributed by atoms with Crippen LogP contribution < -0.4 is 10.9 Å². The molecule has 0 saturated carbocycles. The van der Waals surface area contributed by atoms with Gasteiger partial charge in [-0.1, -0.05) is 0 Å². The fraction of sp³-hybridized carbons (Fsp3) is 0.438. The van der Waals surface area contributed by atoms with Gasteiger partial charge in [-0.05, 0) is 20.8 Å². The first-order valence-corrected chi connectivity index (χ1v) is 8.83. The zero-order valence-corrected chi connectivity index (χ0v) is 15.4. The highest BCUT2D eigenvalue weighted by atomic mass is 32.1. The molecule has 26 heavy (non-hydrogen) atoms. The van der Waals surface area contributed by atoms with E-state index in [9.17, 15) is 19.2 Å². The number of esters is 1. The number of imide groups is 1. The highest BCUT2D eigenvalue weighted by Crippen LogP contribution is 2.17. The molecular weight excluding hydrogens is 360 g/mol. The molecule has 0 unspecified atom stereocenters. The molecule has 0 bridgehead atoms. The number of hydrogen-bond donors (Lipinski definition) is 1. The molecule has 0 atom stereocenters. The summed E-state index contributed by atoms with van der Waals surface area (Å²) in [7, 11) is 0. The van der Waals surface area contributed by atoms with E-state index in [1.165, 1.54) is 21.8 Å². The summed E-state index contributed by atoms with van der Waals surface area (Å²) in [6.07, 6.45) is -0.130. The minimum absolute atomic E-state index is 0.0633. The Morgan fingerprint density at radius 2 is 2.08 bits per heavy atom. The number of carbonyl (C=O) groups is 3. The molecule has 2 aromatic rings. The summed E-state index contributed by atoms with van der Waals surface area (Å²) in [5.41, 5.74) is -0.0633. The van der Waals surface area contributed by atoms with Crippen molar-refractivity contribution in [2.24, 2.45) is 0 Å². The molecule has 9 nitrogen and oxygen atoms in total. The number of amides is 3. The summed E-state index contributed by atoms with van der Waals surface area (Å²) in [6.45, 7) is 4.79. The number of thiazole rings is 1. The van der Waals surface area contributed by atoms with E-state index < -0.39 is 17.5 Å². The molecule has 3 rings (SSSR count). The van der Waals surface area contributed by atoms with Crippen molar-refractivity contribution in [3.63, 3.8) is 0 Å². The smallest absolute Gasteiger partial charge is 0.325 e. The van der Waals surface area contributed by atoms with Gasteiger partial charge in [0.1, 0.15) is 12.1 Å². The van der Waals surface area contributed by atoms with E-state index in [0.29, 0.717) is 10.7 Å². The Morgan fingerprint density at radius 3 is 2.73 bits per heavy atom. The van der Waals surface area contributed by atoms with Crippen LogP contribution in [0.4, 0.5) is 4.79 Å². The van der Waals surface area contributed by atoms with Gasteiger partial charge in [0, 0.05) is 23.7 Å². The molecule has 1 saturated heterocycles. The zero-order chi connectivity index (χ0) is 19.1. The van der Waals surface area contributed by atoms with Crippen molar-refractivity contribution in [1.82, 2.24) is 19.6 Å². The summed E-state index contributed by atoms with van der Waals surface area (Å²) in [5, 5.41) is 4.36. The van der Waals surface area contributed by atoms with Crippen molar-refractivity contribution >= 4 is 34.2 Å². The Morgan fingerprint density at radius 1 is 1.35 bits per heavy atom. The van der Waals surface area contributed by atoms with Crippen LogP contribution in [0.3, 0.4) is 0 Å². The second-order valence-electron chi connectivity index (χ2n) is 6.50. The van der Waals surface area contributed by atoms with Crippen LogP contribution in [0.2, 0.25) is 0 Å². The van der Waals surface area contributed by atoms with E-state index in [0.717, 1.165) is 10.6 Å². The molecule has 0 aliphatic carbocycles. The lowest BCUT2D eigenvalue weighted by Crippen LogP contribution is -2.40. The number of ether oxygens (including phenoxy) is 1. The van der Waals surface area contributed by atoms with Gasteiger partial charge in [-0.3, -0.25) is 23.7 Å². The summed E-state index contributed by atoms with van der Waals surface area (Å²) in [6, 6.07) is 0.793. The van der Waals surface area contributed by atoms with Gasteiger partial charge in [-0.2, -0.15) is 0 Å². The minimum Gasteiger partial charge on any atom is -0.459 e. The molecule has 3 heterocycles. The summed E-state index contributed by atoms with van der Waals surface area (Å²) in [5.74, 6) is -0.969. The summed E-state index contributed by atoms with van der Waals surface area (Å²) in [4.78, 5) is 53.6. The van der Waals surface area contributed by atoms with Crippen molar-refractivity contribution in [2.45, 2.75) is 39.3 Å². The number of rotatable bonds is 5. The number of nitrogens with zero attached hydrogens (tertiary/aromatic N) is 3. The van der Waals surface area contributed by atoms with E-state index in [1.807, 2.05) is 12.3 Å². The highest BCUT2D eigenvalue weighted by molar-refractivity contribution is 7.15. The third kappa shape index (κ3) is 3.32. The van der Waals surface area contributed by atoms with E-state index in [2.05, 4.69) is 10.3 Å². The van der Waals surface area contributed by atoms with Crippen molar-refractivity contribution in [2.75, 3.05) is 6.54 Å². The van der Waals surface area contributed by atoms with Crippen LogP contribution in [0.5, 0.6) is 0 Å². The topological polar surface area (TPSA) is 110 Å². The Bertz CT molecular complexity index is 961. The second kappa shape index (κ2) is 6.52. The number of carbonyl (C=O) groups excluding carboxylic acids is 3. The molecule has 0 aromatic carbocycles. The number of nitrogens with one attached hydrogen (secondary N) is 1. The lowest BCUT2D eigenvalue weighted by atomic mass is 10.1. The van der Waals surface area contributed by atoms with Crippen LogP contribution in [0.1, 0.15) is 31.7 Å². The number of aryl methyl sites for hydroxylation is 1. The van der Waals surface area contributed by atoms with Crippen LogP contribution in [0.25, 0.3) is 4.96 Å². The Hall–Kier alpha value is -2.75. The second-order valence-corrected chi connectivity index (χ2v) is 7.34. The molecular formula is C16H18N4O5S. The summed E-state index contributed by atoms with van der Waals surface area (Å²) >= 11 is 1.33. The first-order chi connectivity index (χ1) is 12.2. The zero-order valence-electron chi connectivity index (χ0n) is 14.6. The van der Waals surface area contributed by atoms with E-state index in [-0.39, 0.29) is 31.0 Å². The third-order valence-corrected chi connectivity index (χ3v) is 4.94. The van der Waals surface area contributed by atoms with Gasteiger partial charge >= 0.3 is 12.0 Å². The maximum absolute atomic E-state index is 12.1. The molecule has 10 heteroatoms. The van der Waals surface area contributed by atoms with Crippen LogP contribution in [0.15, 0.2) is 16.2 Å². The van der Waals surface area contributed by atoms with Gasteiger partial charge in [-0.15, -0.1) is 11.3 Å². The highest BCUT2D eigenvalue weighted by Gasteiger charge is 2.44. The number of aromatic nitrogens is 2. The van der Waals surface area contributed by atoms with Crippen LogP contribution in [-0.2, 0) is 20.9 Å². The third-order valence-electron chi connectivity index (χ3n) is 3.99. The van der Waals surface area contributed by atoms with E-state index in [1.54, 1.807) is 13.8 Å². The van der Waals surface area contributed by atoms with Crippen LogP contribution in [0, 0.1) is 6.92 Å². The van der Waals surface area contributed by atoms with Gasteiger partial charge in [0.25, 0.3) is 11.5 Å². The largest absolute Gasteiger partial charge is 0.459 e. The Kier molecular flexibility index (Phi) is 4.53. The van der Waals surface area contributed by atoms with E-state index >= 15 is 0 Å². The van der Waals surface area contributed by atoms with Crippen molar-refractivity contribution < 1.29 is 19.1 Å². The van der Waals surface area contributed by atoms with Crippen LogP contribution in [-0.4, -0.2) is 44.3 Å². The van der Waals surface area contributed by atoms with Crippen molar-refractivity contribution in [3.05, 3.63) is 33.2 Å². The molecule has 1 aliphatic heterocycles. The molecule has 3 amide bonds. The average Bonchev–Trinajstić information content (AvgIpc) is 3.02. The Labute approximate surface area is 152 Å². The average molecular weight is 378 g/mol. The number of fused-ring (bicyclic) bond motifs is 1. The first-order valence-electron chi connectivity index (χ1n) is 7.95. The quantitative estimate of drug-likeness (QED) is 0.609. The molecule has 1 aliphatic rings. The van der Waals surface area contributed by atoms with Crippen molar-refractivity contribution in [1.29, 1.82) is 0 Å². The fourth-order valence-electron chi connectivity index (χ4n) is 2.63. The predicted octanol–water partition coefficient (Wildman–Crippen LogP) is 0.828. The normalized spacial score (nSPS) is 16.2. The predicted molar refractivity (Wildman–Crippen MR) is 92.8 cm³/mol. The molecule has 1 N–H and O–H groups in total. The maximum atomic E-state index is 12.1. The standard InChI is InChI=1S/C16H18N4O5S/c1-9-8-26-15-17-10(6-11(21)20(9)15)7-25-12(22)4-5-19-13(23)16(2,3)18-14(19)24/h6,8H,4-5,7H2,1-3H3,(H,18,24). The van der Waals surface area contributed by atoms with Gasteiger partial charge in [0.15, 0.2) is 4.96 Å². The SMILES string of the molecule is Cc1csc2nc(COC(=O)CCN3C(=O)NC(C)(C)C3=O)cc(=O)n12. The monoisotopic (exact) mass is 378 g/mol. The fourth-order valence-corrected chi connectivity index (χ4v) is 3.52. The maximum Gasteiger partial charge on any atom is 0.325 e. The van der Waals surface area contributed by atoms with Crippen molar-refractivity contribution in [3.8, 4) is 0 Å².